The molecule has 0 unspecified atom stereocenters. The van der Waals surface area contributed by atoms with Crippen LogP contribution in [0.3, 0.4) is 0 Å². The van der Waals surface area contributed by atoms with E-state index in [-0.39, 0.29) is 0 Å². The topological polar surface area (TPSA) is 0 Å². The van der Waals surface area contributed by atoms with Crippen LogP contribution in [-0.2, 0) is 0 Å². The highest BCUT2D eigenvalue weighted by Gasteiger charge is 2.21. The van der Waals surface area contributed by atoms with Crippen LogP contribution in [0, 0.1) is 0 Å². The van der Waals surface area contributed by atoms with Gasteiger partial charge >= 0.3 is 0 Å². The van der Waals surface area contributed by atoms with Crippen LogP contribution in [0.2, 0.25) is 0 Å². The molecule has 0 aromatic heterocycles. The van der Waals surface area contributed by atoms with Gasteiger partial charge < -0.3 is 0 Å². The lowest BCUT2D eigenvalue weighted by atomic mass is 9.83. The average molecular weight is 785 g/mol. The first-order valence-electron chi connectivity index (χ1n) is 21.5. The summed E-state index contributed by atoms with van der Waals surface area (Å²) in [6.07, 6.45) is 0. The van der Waals surface area contributed by atoms with Crippen LogP contribution in [-0.4, -0.2) is 0 Å². The Morgan fingerprint density at radius 3 is 1.21 bits per heavy atom. The van der Waals surface area contributed by atoms with Crippen LogP contribution in [0.1, 0.15) is 0 Å². The number of hydrogen-bond donors (Lipinski definition) is 0. The van der Waals surface area contributed by atoms with Crippen molar-refractivity contribution in [3.63, 3.8) is 0 Å². The number of fused-ring (bicyclic) bond motifs is 7. The van der Waals surface area contributed by atoms with Gasteiger partial charge in [0, 0.05) is 0 Å². The molecule has 0 heteroatoms. The second-order valence-corrected chi connectivity index (χ2v) is 16.4. The van der Waals surface area contributed by atoms with Gasteiger partial charge in [0.25, 0.3) is 0 Å². The van der Waals surface area contributed by atoms with E-state index in [2.05, 4.69) is 243 Å². The SMILES string of the molecule is c1ccc(-c2cc(-c3ccccc3)c(-c3ccccc3)c(-c3cccc(-c4c5ccccc5c(-c5ccc6ccc7ccc8ccccc8c7c6c5)c5ccccc45)c3)c2)cc1. The zero-order chi connectivity index (χ0) is 41.0. The molecule has 0 saturated carbocycles. The van der Waals surface area contributed by atoms with E-state index >= 15 is 0 Å². The summed E-state index contributed by atoms with van der Waals surface area (Å²) in [5.41, 5.74) is 14.6. The van der Waals surface area contributed by atoms with E-state index in [4.69, 9.17) is 0 Å². The van der Waals surface area contributed by atoms with Gasteiger partial charge in [0.05, 0.1) is 0 Å². The minimum atomic E-state index is 1.18. The molecule has 62 heavy (non-hydrogen) atoms. The summed E-state index contributed by atoms with van der Waals surface area (Å²) in [7, 11) is 0. The van der Waals surface area contributed by atoms with Crippen molar-refractivity contribution in [2.45, 2.75) is 0 Å². The van der Waals surface area contributed by atoms with Crippen LogP contribution in [0.15, 0.2) is 243 Å². The molecule has 0 aliphatic heterocycles. The van der Waals surface area contributed by atoms with Gasteiger partial charge in [0.15, 0.2) is 0 Å². The Hall–Kier alpha value is -8.06. The summed E-state index contributed by atoms with van der Waals surface area (Å²) in [5.74, 6) is 0. The molecular formula is C62H40. The Labute approximate surface area is 361 Å². The van der Waals surface area contributed by atoms with Gasteiger partial charge in [-0.2, -0.15) is 0 Å². The minimum absolute atomic E-state index is 1.18. The maximum absolute atomic E-state index is 2.44. The fourth-order valence-electron chi connectivity index (χ4n) is 10.0. The lowest BCUT2D eigenvalue weighted by Crippen LogP contribution is -1.94. The maximum atomic E-state index is 2.44. The molecule has 0 bridgehead atoms. The van der Waals surface area contributed by atoms with E-state index in [1.807, 2.05) is 0 Å². The Morgan fingerprint density at radius 1 is 0.177 bits per heavy atom. The molecule has 12 rings (SSSR count). The van der Waals surface area contributed by atoms with Gasteiger partial charge in [0.2, 0.25) is 0 Å². The molecule has 0 radical (unpaired) electrons. The molecular weight excluding hydrogens is 745 g/mol. The maximum Gasteiger partial charge on any atom is -0.00261 e. The predicted octanol–water partition coefficient (Wildman–Crippen LogP) is 17.5. The highest BCUT2D eigenvalue weighted by Crippen LogP contribution is 2.48. The van der Waals surface area contributed by atoms with Crippen LogP contribution >= 0.6 is 0 Å². The highest BCUT2D eigenvalue weighted by molar-refractivity contribution is 6.24. The Balaban J connectivity index is 1.11. The standard InChI is InChI=1S/C62H40/c1-4-17-41(18-5-1)50-39-57(42-19-6-2-7-20-42)60(45-22-8-3-9-23-45)58(40-50)47-24-16-25-48(37-47)61-52-27-12-14-29-54(52)62(55-30-15-13-28-53(55)61)49-36-33-44-32-35-46-34-31-43-21-10-11-26-51(43)59(46)56(44)38-49/h1-40H. The summed E-state index contributed by atoms with van der Waals surface area (Å²) in [4.78, 5) is 0. The van der Waals surface area contributed by atoms with E-state index in [1.165, 1.54) is 121 Å². The molecule has 0 spiro atoms. The third kappa shape index (κ3) is 5.99. The van der Waals surface area contributed by atoms with Crippen LogP contribution in [0.4, 0.5) is 0 Å². The molecule has 0 aliphatic carbocycles. The van der Waals surface area contributed by atoms with Crippen molar-refractivity contribution in [1.29, 1.82) is 0 Å². The van der Waals surface area contributed by atoms with Crippen LogP contribution < -0.4 is 0 Å². The Bertz CT molecular complexity index is 3590. The zero-order valence-electron chi connectivity index (χ0n) is 34.1. The first kappa shape index (κ1) is 35.8. The number of benzene rings is 12. The Morgan fingerprint density at radius 2 is 0.597 bits per heavy atom. The highest BCUT2D eigenvalue weighted by atomic mass is 14.2. The fraction of sp³-hybridized carbons (Fsp3) is 0. The van der Waals surface area contributed by atoms with Crippen molar-refractivity contribution in [3.05, 3.63) is 243 Å². The van der Waals surface area contributed by atoms with Gasteiger partial charge in [-0.25, -0.2) is 0 Å². The minimum Gasteiger partial charge on any atom is -0.0622 e. The summed E-state index contributed by atoms with van der Waals surface area (Å²) in [6.45, 7) is 0. The quantitative estimate of drug-likeness (QED) is 0.116. The largest absolute Gasteiger partial charge is 0.0622 e. The molecule has 0 atom stereocenters. The van der Waals surface area contributed by atoms with Gasteiger partial charge in [-0.15, -0.1) is 0 Å². The van der Waals surface area contributed by atoms with Crippen LogP contribution in [0.25, 0.3) is 121 Å². The number of rotatable bonds is 6. The van der Waals surface area contributed by atoms with Crippen molar-refractivity contribution in [2.75, 3.05) is 0 Å². The molecule has 0 heterocycles. The molecule has 0 fully saturated rings. The van der Waals surface area contributed by atoms with Crippen molar-refractivity contribution in [3.8, 4) is 66.8 Å². The van der Waals surface area contributed by atoms with Gasteiger partial charge in [0.1, 0.15) is 0 Å². The van der Waals surface area contributed by atoms with Crippen molar-refractivity contribution in [1.82, 2.24) is 0 Å². The third-order valence-electron chi connectivity index (χ3n) is 12.8. The first-order valence-corrected chi connectivity index (χ1v) is 21.5. The molecule has 0 nitrogen and oxygen atoms in total. The summed E-state index contributed by atoms with van der Waals surface area (Å²) in [6, 6.07) is 89.4. The van der Waals surface area contributed by atoms with Crippen molar-refractivity contribution >= 4 is 53.9 Å². The normalized spacial score (nSPS) is 11.5. The van der Waals surface area contributed by atoms with Gasteiger partial charge in [-0.1, -0.05) is 218 Å². The fourth-order valence-corrected chi connectivity index (χ4v) is 10.0. The van der Waals surface area contributed by atoms with E-state index in [9.17, 15) is 0 Å². The average Bonchev–Trinajstić information content (AvgIpc) is 3.35. The van der Waals surface area contributed by atoms with Crippen molar-refractivity contribution in [2.24, 2.45) is 0 Å². The molecule has 12 aromatic rings. The summed E-state index contributed by atoms with van der Waals surface area (Å²) in [5, 5.41) is 12.6. The lowest BCUT2D eigenvalue weighted by Gasteiger charge is -2.21. The van der Waals surface area contributed by atoms with E-state index < -0.39 is 0 Å². The second kappa shape index (κ2) is 14.9. The molecule has 12 aromatic carbocycles. The predicted molar refractivity (Wildman–Crippen MR) is 267 cm³/mol. The summed E-state index contributed by atoms with van der Waals surface area (Å²) < 4.78 is 0. The van der Waals surface area contributed by atoms with Crippen LogP contribution in [0.5, 0.6) is 0 Å². The summed E-state index contributed by atoms with van der Waals surface area (Å²) >= 11 is 0. The van der Waals surface area contributed by atoms with Gasteiger partial charge in [-0.05, 0) is 145 Å². The monoisotopic (exact) mass is 784 g/mol. The number of hydrogen-bond acceptors (Lipinski definition) is 0. The molecule has 288 valence electrons. The van der Waals surface area contributed by atoms with E-state index in [0.717, 1.165) is 0 Å². The smallest absolute Gasteiger partial charge is 0.00261 e. The lowest BCUT2D eigenvalue weighted by molar-refractivity contribution is 1.54. The molecule has 0 saturated heterocycles. The Kier molecular flexibility index (Phi) is 8.61. The second-order valence-electron chi connectivity index (χ2n) is 16.4. The first-order chi connectivity index (χ1) is 30.8. The van der Waals surface area contributed by atoms with E-state index in [1.54, 1.807) is 0 Å². The third-order valence-corrected chi connectivity index (χ3v) is 12.8. The van der Waals surface area contributed by atoms with E-state index in [0.29, 0.717) is 0 Å². The molecule has 0 aliphatic rings. The molecule has 0 N–H and O–H groups in total. The van der Waals surface area contributed by atoms with Crippen molar-refractivity contribution < 1.29 is 0 Å². The molecule has 0 amide bonds. The zero-order valence-corrected chi connectivity index (χ0v) is 34.1. The van der Waals surface area contributed by atoms with Gasteiger partial charge in [-0.3, -0.25) is 0 Å².